The summed E-state index contributed by atoms with van der Waals surface area (Å²) in [6, 6.07) is 16.1. The van der Waals surface area contributed by atoms with E-state index >= 15 is 0 Å². The Kier molecular flexibility index (Phi) is 3.71. The van der Waals surface area contributed by atoms with Crippen LogP contribution in [0.3, 0.4) is 0 Å². The van der Waals surface area contributed by atoms with E-state index in [0.29, 0.717) is 17.8 Å². The second-order valence-corrected chi connectivity index (χ2v) is 6.88. The minimum atomic E-state index is -0.0124. The smallest absolute Gasteiger partial charge is 0.261 e. The van der Waals surface area contributed by atoms with Gasteiger partial charge in [-0.2, -0.15) is 5.10 Å². The van der Waals surface area contributed by atoms with Crippen molar-refractivity contribution >= 4 is 22.7 Å². The van der Waals surface area contributed by atoms with E-state index < -0.39 is 0 Å². The first-order valence-corrected chi connectivity index (χ1v) is 9.00. The van der Waals surface area contributed by atoms with Crippen LogP contribution in [0.4, 0.5) is 0 Å². The Hall–Kier alpha value is -3.47. The molecule has 0 saturated heterocycles. The lowest BCUT2D eigenvalue weighted by Crippen LogP contribution is -2.25. The highest BCUT2D eigenvalue weighted by atomic mass is 16.1. The van der Waals surface area contributed by atoms with Gasteiger partial charge in [-0.15, -0.1) is 0 Å². The molecule has 0 saturated carbocycles. The van der Waals surface area contributed by atoms with Crippen molar-refractivity contribution in [3.63, 3.8) is 0 Å². The van der Waals surface area contributed by atoms with Gasteiger partial charge in [-0.1, -0.05) is 54.6 Å². The zero-order valence-electron chi connectivity index (χ0n) is 14.6. The largest absolute Gasteiger partial charge is 0.302 e. The van der Waals surface area contributed by atoms with Crippen molar-refractivity contribution in [1.29, 1.82) is 0 Å². The first kappa shape index (κ1) is 15.8. The molecule has 0 amide bonds. The van der Waals surface area contributed by atoms with Gasteiger partial charge in [0.15, 0.2) is 0 Å². The molecule has 2 atom stereocenters. The van der Waals surface area contributed by atoms with Gasteiger partial charge in [0.25, 0.3) is 5.56 Å². The van der Waals surface area contributed by atoms with E-state index in [0.717, 1.165) is 16.6 Å². The van der Waals surface area contributed by atoms with Gasteiger partial charge in [0, 0.05) is 12.1 Å². The van der Waals surface area contributed by atoms with Gasteiger partial charge < -0.3 is 5.43 Å². The fourth-order valence-corrected chi connectivity index (χ4v) is 3.59. The molecule has 5 heteroatoms. The number of para-hydroxylation sites is 1. The maximum Gasteiger partial charge on any atom is 0.261 e. The predicted molar refractivity (Wildman–Crippen MR) is 108 cm³/mol. The highest BCUT2D eigenvalue weighted by Gasteiger charge is 2.22. The number of fused-ring (bicyclic) bond motifs is 2. The van der Waals surface area contributed by atoms with Crippen molar-refractivity contribution in [1.82, 2.24) is 15.0 Å². The van der Waals surface area contributed by atoms with Crippen LogP contribution in [0.25, 0.3) is 16.5 Å². The Balaban J connectivity index is 1.40. The Morgan fingerprint density at radius 3 is 2.81 bits per heavy atom. The van der Waals surface area contributed by atoms with Gasteiger partial charge in [0.05, 0.1) is 29.8 Å². The molecule has 27 heavy (non-hydrogen) atoms. The number of hydrazone groups is 1. The van der Waals surface area contributed by atoms with Crippen LogP contribution in [-0.4, -0.2) is 21.8 Å². The monoisotopic (exact) mass is 354 g/mol. The lowest BCUT2D eigenvalue weighted by molar-refractivity contribution is 0.624. The molecule has 0 radical (unpaired) electrons. The number of aromatic nitrogens is 2. The Bertz CT molecular complexity index is 1150. The summed E-state index contributed by atoms with van der Waals surface area (Å²) in [5.41, 5.74) is 7.23. The van der Waals surface area contributed by atoms with Gasteiger partial charge in [0.1, 0.15) is 0 Å². The first-order chi connectivity index (χ1) is 13.3. The molecule has 2 heterocycles. The van der Waals surface area contributed by atoms with Gasteiger partial charge in [0.2, 0.25) is 0 Å². The van der Waals surface area contributed by atoms with Gasteiger partial charge in [-0.05, 0) is 28.8 Å². The average Bonchev–Trinajstić information content (AvgIpc) is 3.19. The molecule has 1 aliphatic heterocycles. The SMILES string of the molecule is O=c1c2ccccc2ncn1Cc1ccc(C2=CC3C=NNC3C=C2)cc1. The number of hydrogen-bond acceptors (Lipinski definition) is 4. The van der Waals surface area contributed by atoms with E-state index in [9.17, 15) is 4.79 Å². The van der Waals surface area contributed by atoms with Crippen LogP contribution in [0.2, 0.25) is 0 Å². The maximum absolute atomic E-state index is 12.6. The van der Waals surface area contributed by atoms with Crippen LogP contribution >= 0.6 is 0 Å². The summed E-state index contributed by atoms with van der Waals surface area (Å²) < 4.78 is 1.66. The molecule has 132 valence electrons. The number of allylic oxidation sites excluding steroid dienone is 2. The molecule has 0 bridgehead atoms. The molecular weight excluding hydrogens is 336 g/mol. The van der Waals surface area contributed by atoms with E-state index in [1.807, 2.05) is 30.5 Å². The lowest BCUT2D eigenvalue weighted by Gasteiger charge is -2.17. The molecule has 2 unspecified atom stereocenters. The topological polar surface area (TPSA) is 59.3 Å². The number of benzene rings is 2. The minimum Gasteiger partial charge on any atom is -0.302 e. The molecular formula is C22H18N4O. The summed E-state index contributed by atoms with van der Waals surface area (Å²) in [7, 11) is 0. The third kappa shape index (κ3) is 2.87. The van der Waals surface area contributed by atoms with E-state index in [1.165, 1.54) is 5.57 Å². The molecule has 5 rings (SSSR count). The molecule has 1 aromatic heterocycles. The quantitative estimate of drug-likeness (QED) is 0.787. The minimum absolute atomic E-state index is 0.0124. The fourth-order valence-electron chi connectivity index (χ4n) is 3.59. The zero-order valence-corrected chi connectivity index (χ0v) is 14.6. The number of rotatable bonds is 3. The van der Waals surface area contributed by atoms with Crippen molar-refractivity contribution in [3.8, 4) is 0 Å². The second kappa shape index (κ2) is 6.36. The van der Waals surface area contributed by atoms with Crippen LogP contribution < -0.4 is 11.0 Å². The Morgan fingerprint density at radius 1 is 1.07 bits per heavy atom. The number of nitrogens with zero attached hydrogens (tertiary/aromatic N) is 3. The molecule has 0 fully saturated rings. The van der Waals surface area contributed by atoms with Crippen LogP contribution in [0.5, 0.6) is 0 Å². The van der Waals surface area contributed by atoms with Gasteiger partial charge in [-0.3, -0.25) is 9.36 Å². The molecule has 1 N–H and O–H groups in total. The molecule has 2 aliphatic rings. The maximum atomic E-state index is 12.6. The fraction of sp³-hybridized carbons (Fsp3) is 0.136. The third-order valence-electron chi connectivity index (χ3n) is 5.11. The normalized spacial score (nSPS) is 20.4. The number of hydrogen-bond donors (Lipinski definition) is 1. The Morgan fingerprint density at radius 2 is 1.93 bits per heavy atom. The third-order valence-corrected chi connectivity index (χ3v) is 5.11. The summed E-state index contributed by atoms with van der Waals surface area (Å²) in [6.07, 6.45) is 10.1. The van der Waals surface area contributed by atoms with Crippen molar-refractivity contribution in [2.75, 3.05) is 0 Å². The van der Waals surface area contributed by atoms with Crippen molar-refractivity contribution in [2.24, 2.45) is 11.0 Å². The van der Waals surface area contributed by atoms with Crippen LogP contribution in [0, 0.1) is 5.92 Å². The summed E-state index contributed by atoms with van der Waals surface area (Å²) in [6.45, 7) is 0.507. The van der Waals surface area contributed by atoms with E-state index in [2.05, 4.69) is 58.0 Å². The second-order valence-electron chi connectivity index (χ2n) is 6.88. The standard InChI is InChI=1S/C22H18N4O/c27-22-19-3-1-2-4-21(19)23-14-26(22)13-15-5-7-16(8-6-15)17-9-10-20-18(11-17)12-24-25-20/h1-12,14,18,20,25H,13H2. The highest BCUT2D eigenvalue weighted by Crippen LogP contribution is 2.26. The average molecular weight is 354 g/mol. The first-order valence-electron chi connectivity index (χ1n) is 9.00. The summed E-state index contributed by atoms with van der Waals surface area (Å²) in [4.78, 5) is 17.0. The molecule has 2 aromatic carbocycles. The number of nitrogens with one attached hydrogen (secondary N) is 1. The summed E-state index contributed by atoms with van der Waals surface area (Å²) in [5.74, 6) is 0.312. The van der Waals surface area contributed by atoms with E-state index in [1.54, 1.807) is 10.9 Å². The predicted octanol–water partition coefficient (Wildman–Crippen LogP) is 2.97. The van der Waals surface area contributed by atoms with Crippen LogP contribution in [-0.2, 0) is 6.54 Å². The Labute approximate surface area is 156 Å². The summed E-state index contributed by atoms with van der Waals surface area (Å²) >= 11 is 0. The zero-order chi connectivity index (χ0) is 18.2. The van der Waals surface area contributed by atoms with Crippen molar-refractivity contribution < 1.29 is 0 Å². The summed E-state index contributed by atoms with van der Waals surface area (Å²) in [5, 5.41) is 4.79. The molecule has 5 nitrogen and oxygen atoms in total. The molecule has 3 aromatic rings. The molecule has 0 spiro atoms. The van der Waals surface area contributed by atoms with Crippen LogP contribution in [0.15, 0.2) is 83.0 Å². The van der Waals surface area contributed by atoms with Crippen molar-refractivity contribution in [2.45, 2.75) is 12.6 Å². The molecule has 1 aliphatic carbocycles. The van der Waals surface area contributed by atoms with Gasteiger partial charge in [-0.25, -0.2) is 4.98 Å². The van der Waals surface area contributed by atoms with E-state index in [4.69, 9.17) is 0 Å². The van der Waals surface area contributed by atoms with E-state index in [-0.39, 0.29) is 11.6 Å². The van der Waals surface area contributed by atoms with Gasteiger partial charge >= 0.3 is 0 Å². The van der Waals surface area contributed by atoms with Crippen molar-refractivity contribution in [3.05, 3.63) is 94.6 Å². The van der Waals surface area contributed by atoms with Crippen LogP contribution in [0.1, 0.15) is 11.1 Å². The lowest BCUT2D eigenvalue weighted by atomic mass is 9.90. The highest BCUT2D eigenvalue weighted by molar-refractivity contribution is 5.81.